The maximum absolute atomic E-state index is 13.5. The lowest BCUT2D eigenvalue weighted by Crippen LogP contribution is -2.33. The van der Waals surface area contributed by atoms with Crippen LogP contribution in [0.2, 0.25) is 0 Å². The molecule has 3 aromatic rings. The first-order valence-electron chi connectivity index (χ1n) is 13.5. The monoisotopic (exact) mass is 491 g/mol. The highest BCUT2D eigenvalue weighted by Crippen LogP contribution is 2.22. The number of amides is 1. The predicted molar refractivity (Wildman–Crippen MR) is 142 cm³/mol. The molecule has 0 radical (unpaired) electrons. The molecule has 1 aliphatic rings. The van der Waals surface area contributed by atoms with Crippen LogP contribution in [0.4, 0.5) is 0 Å². The maximum atomic E-state index is 13.5. The van der Waals surface area contributed by atoms with Gasteiger partial charge < -0.3 is 19.8 Å². The first-order chi connectivity index (χ1) is 17.7. The minimum Gasteiger partial charge on any atom is -0.347 e. The number of hydrogen-bond acceptors (Lipinski definition) is 5. The van der Waals surface area contributed by atoms with E-state index in [9.17, 15) is 4.79 Å². The van der Waals surface area contributed by atoms with Crippen molar-refractivity contribution < 1.29 is 4.79 Å². The Hall–Kier alpha value is -2.97. The van der Waals surface area contributed by atoms with Gasteiger partial charge in [0.2, 0.25) is 0 Å². The molecule has 36 heavy (non-hydrogen) atoms. The van der Waals surface area contributed by atoms with Gasteiger partial charge in [-0.1, -0.05) is 19.9 Å². The summed E-state index contributed by atoms with van der Waals surface area (Å²) in [6.45, 7) is 12.2. The number of aromatic amines is 2. The van der Waals surface area contributed by atoms with Gasteiger partial charge in [-0.15, -0.1) is 0 Å². The van der Waals surface area contributed by atoms with E-state index in [-0.39, 0.29) is 5.91 Å². The number of hydrogen-bond donors (Lipinski definition) is 2. The molecule has 8 nitrogen and oxygen atoms in total. The van der Waals surface area contributed by atoms with Crippen molar-refractivity contribution in [3.8, 4) is 0 Å². The molecule has 0 spiro atoms. The molecule has 1 aliphatic heterocycles. The minimum absolute atomic E-state index is 0.00302. The number of rotatable bonds is 14. The molecule has 2 N–H and O–H groups in total. The highest BCUT2D eigenvalue weighted by atomic mass is 16.2. The van der Waals surface area contributed by atoms with Gasteiger partial charge in [-0.25, -0.2) is 9.97 Å². The van der Waals surface area contributed by atoms with Gasteiger partial charge >= 0.3 is 0 Å². The number of nitrogens with one attached hydrogen (secondary N) is 2. The van der Waals surface area contributed by atoms with Gasteiger partial charge in [0.1, 0.15) is 11.6 Å². The van der Waals surface area contributed by atoms with E-state index in [0.29, 0.717) is 13.1 Å². The van der Waals surface area contributed by atoms with Crippen molar-refractivity contribution in [2.75, 3.05) is 32.7 Å². The number of benzene rings is 1. The Morgan fingerprint density at radius 3 is 2.25 bits per heavy atom. The Bertz CT molecular complexity index is 1010. The lowest BCUT2D eigenvalue weighted by Gasteiger charge is -2.30. The topological polar surface area (TPSA) is 84.2 Å². The molecule has 3 heterocycles. The van der Waals surface area contributed by atoms with Crippen LogP contribution in [-0.4, -0.2) is 73.3 Å². The molecule has 1 aromatic carbocycles. The van der Waals surface area contributed by atoms with Crippen molar-refractivity contribution in [2.45, 2.75) is 65.6 Å². The zero-order chi connectivity index (χ0) is 25.2. The van der Waals surface area contributed by atoms with E-state index in [1.807, 2.05) is 6.07 Å². The number of unbranched alkanes of at least 4 members (excludes halogenated alkanes) is 1. The molecule has 194 valence electrons. The molecule has 0 atom stereocenters. The van der Waals surface area contributed by atoms with Crippen molar-refractivity contribution in [2.24, 2.45) is 0 Å². The van der Waals surface area contributed by atoms with E-state index in [1.54, 1.807) is 29.7 Å². The van der Waals surface area contributed by atoms with E-state index in [1.165, 1.54) is 56.4 Å². The summed E-state index contributed by atoms with van der Waals surface area (Å²) in [7, 11) is 0. The molecular formula is C28H41N7O. The zero-order valence-corrected chi connectivity index (χ0v) is 21.9. The Balaban J connectivity index is 1.33. The fourth-order valence-electron chi connectivity index (χ4n) is 5.09. The van der Waals surface area contributed by atoms with Gasteiger partial charge in [0.05, 0.1) is 13.1 Å². The normalized spacial score (nSPS) is 13.8. The van der Waals surface area contributed by atoms with Crippen LogP contribution in [0.1, 0.15) is 72.7 Å². The van der Waals surface area contributed by atoms with Crippen LogP contribution in [0.25, 0.3) is 0 Å². The number of carbonyl (C=O) groups excluding carboxylic acids is 1. The second kappa shape index (κ2) is 13.4. The molecule has 0 unspecified atom stereocenters. The number of imidazole rings is 2. The Kier molecular flexibility index (Phi) is 9.69. The molecule has 1 amide bonds. The predicted octanol–water partition coefficient (Wildman–Crippen LogP) is 4.24. The maximum Gasteiger partial charge on any atom is 0.254 e. The summed E-state index contributed by atoms with van der Waals surface area (Å²) < 4.78 is 0. The second-order valence-corrected chi connectivity index (χ2v) is 9.79. The number of carbonyl (C=O) groups is 1. The summed E-state index contributed by atoms with van der Waals surface area (Å²) in [5.41, 5.74) is 3.37. The molecular weight excluding hydrogens is 450 g/mol. The molecule has 8 heteroatoms. The van der Waals surface area contributed by atoms with Crippen molar-refractivity contribution >= 4 is 5.91 Å². The largest absolute Gasteiger partial charge is 0.347 e. The number of fused-ring (bicyclic) bond motifs is 1. The highest BCUT2D eigenvalue weighted by Gasteiger charge is 2.22. The number of H-pyrrole nitrogens is 2. The molecule has 0 bridgehead atoms. The fraction of sp³-hybridized carbons (Fsp3) is 0.536. The third kappa shape index (κ3) is 7.27. The van der Waals surface area contributed by atoms with Crippen LogP contribution in [0.15, 0.2) is 43.0 Å². The van der Waals surface area contributed by atoms with Crippen LogP contribution < -0.4 is 0 Å². The third-order valence-electron chi connectivity index (χ3n) is 6.90. The molecule has 0 saturated carbocycles. The van der Waals surface area contributed by atoms with Gasteiger partial charge in [-0.05, 0) is 81.5 Å². The number of nitrogens with zero attached hydrogens (tertiary/aromatic N) is 5. The summed E-state index contributed by atoms with van der Waals surface area (Å²) in [5, 5.41) is 0. The molecule has 0 saturated heterocycles. The number of aromatic nitrogens is 4. The van der Waals surface area contributed by atoms with Crippen molar-refractivity contribution in [3.63, 3.8) is 0 Å². The van der Waals surface area contributed by atoms with Gasteiger partial charge in [-0.3, -0.25) is 9.69 Å². The summed E-state index contributed by atoms with van der Waals surface area (Å²) in [6.07, 6.45) is 12.9. The Labute approximate surface area is 215 Å². The standard InChI is InChI=1S/C28H41N7O/c1-3-14-33(15-4-2)16-5-6-17-34-18-9-23-19-24(7-8-25(23)20-34)28(36)35(21-26-29-10-11-30-26)22-27-31-12-13-32-27/h7-8,10-13,19H,3-6,9,14-18,20-22H2,1-2H3,(H,29,30)(H,31,32). The summed E-state index contributed by atoms with van der Waals surface area (Å²) >= 11 is 0. The fourth-order valence-corrected chi connectivity index (χ4v) is 5.09. The smallest absolute Gasteiger partial charge is 0.254 e. The summed E-state index contributed by atoms with van der Waals surface area (Å²) in [4.78, 5) is 35.3. The lowest BCUT2D eigenvalue weighted by molar-refractivity contribution is 0.0721. The quantitative estimate of drug-likeness (QED) is 0.330. The molecule has 0 aliphatic carbocycles. The van der Waals surface area contributed by atoms with Crippen LogP contribution in [0.3, 0.4) is 0 Å². The second-order valence-electron chi connectivity index (χ2n) is 9.79. The average molecular weight is 492 g/mol. The molecule has 2 aromatic heterocycles. The van der Waals surface area contributed by atoms with E-state index < -0.39 is 0 Å². The van der Waals surface area contributed by atoms with Crippen LogP contribution >= 0.6 is 0 Å². The minimum atomic E-state index is -0.00302. The van der Waals surface area contributed by atoms with Crippen molar-refractivity contribution in [3.05, 3.63) is 71.3 Å². The van der Waals surface area contributed by atoms with E-state index >= 15 is 0 Å². The zero-order valence-electron chi connectivity index (χ0n) is 21.9. The first kappa shape index (κ1) is 26.1. The Morgan fingerprint density at radius 1 is 0.944 bits per heavy atom. The third-order valence-corrected chi connectivity index (χ3v) is 6.90. The highest BCUT2D eigenvalue weighted by molar-refractivity contribution is 5.94. The van der Waals surface area contributed by atoms with E-state index in [2.05, 4.69) is 55.7 Å². The van der Waals surface area contributed by atoms with E-state index in [0.717, 1.165) is 43.3 Å². The first-order valence-corrected chi connectivity index (χ1v) is 13.5. The average Bonchev–Trinajstić information content (AvgIpc) is 3.60. The van der Waals surface area contributed by atoms with Crippen LogP contribution in [0.5, 0.6) is 0 Å². The van der Waals surface area contributed by atoms with Gasteiger partial charge in [0, 0.05) is 43.4 Å². The van der Waals surface area contributed by atoms with Crippen molar-refractivity contribution in [1.82, 2.24) is 34.6 Å². The Morgan fingerprint density at radius 2 is 1.64 bits per heavy atom. The van der Waals surface area contributed by atoms with E-state index in [4.69, 9.17) is 0 Å². The van der Waals surface area contributed by atoms with Gasteiger partial charge in [-0.2, -0.15) is 0 Å². The SMILES string of the molecule is CCCN(CCC)CCCCN1CCc2cc(C(=O)N(Cc3ncc[nH]3)Cc3ncc[nH]3)ccc2C1. The van der Waals surface area contributed by atoms with Crippen LogP contribution in [-0.2, 0) is 26.1 Å². The lowest BCUT2D eigenvalue weighted by atomic mass is 9.96. The summed E-state index contributed by atoms with van der Waals surface area (Å²) in [6, 6.07) is 6.23. The van der Waals surface area contributed by atoms with Gasteiger partial charge in [0.15, 0.2) is 0 Å². The molecule has 0 fully saturated rings. The molecule has 4 rings (SSSR count). The summed E-state index contributed by atoms with van der Waals surface area (Å²) in [5.74, 6) is 1.52. The van der Waals surface area contributed by atoms with Crippen molar-refractivity contribution in [1.29, 1.82) is 0 Å². The van der Waals surface area contributed by atoms with Gasteiger partial charge in [0.25, 0.3) is 5.91 Å². The van der Waals surface area contributed by atoms with Crippen LogP contribution in [0, 0.1) is 0 Å².